The van der Waals surface area contributed by atoms with Crippen LogP contribution in [0.2, 0.25) is 0 Å². The number of alkyl halides is 3. The molecule has 1 aliphatic heterocycles. The topological polar surface area (TPSA) is 75.6 Å². The van der Waals surface area contributed by atoms with Crippen LogP contribution in [-0.4, -0.2) is 57.8 Å². The van der Waals surface area contributed by atoms with Crippen molar-refractivity contribution < 1.29 is 27.5 Å². The van der Waals surface area contributed by atoms with E-state index in [4.69, 9.17) is 4.74 Å². The first-order chi connectivity index (χ1) is 16.7. The third-order valence-electron chi connectivity index (χ3n) is 5.69. The third-order valence-corrected chi connectivity index (χ3v) is 6.63. The molecule has 0 spiro atoms. The number of hydrogen-bond donors (Lipinski definition) is 0. The molecule has 0 bridgehead atoms. The Morgan fingerprint density at radius 3 is 2.54 bits per heavy atom. The molecule has 1 saturated heterocycles. The number of amides is 2. The lowest BCUT2D eigenvalue weighted by molar-refractivity contribution is -0.141. The second kappa shape index (κ2) is 10.4. The Balaban J connectivity index is 1.55. The fraction of sp³-hybridized carbons (Fsp3) is 0.333. The lowest BCUT2D eigenvalue weighted by Crippen LogP contribution is -2.40. The van der Waals surface area contributed by atoms with E-state index in [2.05, 4.69) is 9.97 Å². The van der Waals surface area contributed by atoms with E-state index in [0.29, 0.717) is 48.1 Å². The molecule has 35 heavy (non-hydrogen) atoms. The van der Waals surface area contributed by atoms with Crippen LogP contribution in [0, 0.1) is 0 Å². The van der Waals surface area contributed by atoms with Crippen LogP contribution < -0.4 is 4.74 Å². The highest BCUT2D eigenvalue weighted by molar-refractivity contribution is 7.10. The number of para-hydroxylation sites is 1. The Kier molecular flexibility index (Phi) is 7.34. The van der Waals surface area contributed by atoms with E-state index in [0.717, 1.165) is 12.3 Å². The zero-order chi connectivity index (χ0) is 25.0. The number of aromatic nitrogens is 2. The van der Waals surface area contributed by atoms with Gasteiger partial charge >= 0.3 is 6.18 Å². The molecule has 7 nitrogen and oxygen atoms in total. The van der Waals surface area contributed by atoms with Crippen LogP contribution in [0.15, 0.2) is 54.0 Å². The lowest BCUT2D eigenvalue weighted by Gasteiger charge is -2.28. The van der Waals surface area contributed by atoms with Gasteiger partial charge in [0.1, 0.15) is 16.5 Å². The van der Waals surface area contributed by atoms with Crippen LogP contribution in [0.1, 0.15) is 30.1 Å². The number of pyridine rings is 1. The van der Waals surface area contributed by atoms with Gasteiger partial charge in [0, 0.05) is 43.7 Å². The van der Waals surface area contributed by atoms with Gasteiger partial charge in [0.2, 0.25) is 5.91 Å². The van der Waals surface area contributed by atoms with Gasteiger partial charge in [0.05, 0.1) is 11.7 Å². The maximum Gasteiger partial charge on any atom is 0.433 e. The van der Waals surface area contributed by atoms with Gasteiger partial charge in [-0.05, 0) is 30.7 Å². The van der Waals surface area contributed by atoms with Crippen LogP contribution in [-0.2, 0) is 15.8 Å². The molecule has 1 aromatic carbocycles. The first-order valence-corrected chi connectivity index (χ1v) is 11.8. The summed E-state index contributed by atoms with van der Waals surface area (Å²) in [5.41, 5.74) is -0.0448. The molecular formula is C24H23F3N4O3S. The molecule has 3 heterocycles. The highest BCUT2D eigenvalue weighted by Crippen LogP contribution is 2.33. The van der Waals surface area contributed by atoms with E-state index in [1.54, 1.807) is 27.3 Å². The number of ether oxygens (including phenoxy) is 1. The van der Waals surface area contributed by atoms with Crippen molar-refractivity contribution in [3.05, 3.63) is 64.7 Å². The standard InChI is InChI=1S/C24H23F3N4O3S/c1-16(32)30-10-9-20(31(12-11-30)22(33)14-34-18-5-3-2-4-6-18)23-29-19(15-35-23)17-7-8-21(28-13-17)24(25,26)27/h2-8,13,15,20H,9-12,14H2,1H3. The summed E-state index contributed by atoms with van der Waals surface area (Å²) in [7, 11) is 0. The highest BCUT2D eigenvalue weighted by Gasteiger charge is 2.33. The maximum atomic E-state index is 13.2. The van der Waals surface area contributed by atoms with Crippen molar-refractivity contribution in [1.82, 2.24) is 19.8 Å². The van der Waals surface area contributed by atoms with E-state index in [1.807, 2.05) is 18.2 Å². The molecule has 2 amide bonds. The summed E-state index contributed by atoms with van der Waals surface area (Å²) < 4.78 is 44.1. The van der Waals surface area contributed by atoms with E-state index in [1.165, 1.54) is 24.3 Å². The van der Waals surface area contributed by atoms with Crippen molar-refractivity contribution in [2.24, 2.45) is 0 Å². The fourth-order valence-electron chi connectivity index (χ4n) is 3.83. The molecule has 0 saturated carbocycles. The molecule has 4 rings (SSSR count). The van der Waals surface area contributed by atoms with E-state index >= 15 is 0 Å². The van der Waals surface area contributed by atoms with Crippen molar-refractivity contribution in [2.45, 2.75) is 25.6 Å². The van der Waals surface area contributed by atoms with Gasteiger partial charge < -0.3 is 14.5 Å². The number of nitrogens with zero attached hydrogens (tertiary/aromatic N) is 4. The first kappa shape index (κ1) is 24.6. The predicted octanol–water partition coefficient (Wildman–Crippen LogP) is 4.42. The van der Waals surface area contributed by atoms with Gasteiger partial charge in [0.15, 0.2) is 6.61 Å². The average Bonchev–Trinajstić information content (AvgIpc) is 3.22. The Bertz CT molecular complexity index is 1170. The molecule has 184 valence electrons. The normalized spacial score (nSPS) is 16.6. The van der Waals surface area contributed by atoms with Gasteiger partial charge in [-0.25, -0.2) is 4.98 Å². The summed E-state index contributed by atoms with van der Waals surface area (Å²) in [5, 5.41) is 2.37. The van der Waals surface area contributed by atoms with Crippen molar-refractivity contribution in [3.63, 3.8) is 0 Å². The molecule has 0 N–H and O–H groups in total. The molecule has 2 aromatic heterocycles. The van der Waals surface area contributed by atoms with E-state index in [9.17, 15) is 22.8 Å². The summed E-state index contributed by atoms with van der Waals surface area (Å²) in [6, 6.07) is 10.8. The van der Waals surface area contributed by atoms with Crippen LogP contribution in [0.25, 0.3) is 11.3 Å². The fourth-order valence-corrected chi connectivity index (χ4v) is 4.81. The summed E-state index contributed by atoms with van der Waals surface area (Å²) in [6.45, 7) is 2.49. The Morgan fingerprint density at radius 2 is 1.89 bits per heavy atom. The number of benzene rings is 1. The lowest BCUT2D eigenvalue weighted by atomic mass is 10.1. The number of thiazole rings is 1. The van der Waals surface area contributed by atoms with Gasteiger partial charge in [-0.2, -0.15) is 13.2 Å². The summed E-state index contributed by atoms with van der Waals surface area (Å²) in [6.07, 6.45) is -2.89. The minimum absolute atomic E-state index is 0.0748. The zero-order valence-corrected chi connectivity index (χ0v) is 19.7. The molecule has 1 fully saturated rings. The second-order valence-electron chi connectivity index (χ2n) is 8.00. The minimum Gasteiger partial charge on any atom is -0.484 e. The van der Waals surface area contributed by atoms with Crippen molar-refractivity contribution in [1.29, 1.82) is 0 Å². The van der Waals surface area contributed by atoms with Gasteiger partial charge in [-0.15, -0.1) is 11.3 Å². The van der Waals surface area contributed by atoms with Crippen molar-refractivity contribution >= 4 is 23.2 Å². The molecule has 11 heteroatoms. The first-order valence-electron chi connectivity index (χ1n) is 10.9. The smallest absolute Gasteiger partial charge is 0.433 e. The molecule has 1 atom stereocenters. The zero-order valence-electron chi connectivity index (χ0n) is 18.9. The van der Waals surface area contributed by atoms with Crippen LogP contribution in [0.3, 0.4) is 0 Å². The van der Waals surface area contributed by atoms with Crippen LogP contribution in [0.4, 0.5) is 13.2 Å². The predicted molar refractivity (Wildman–Crippen MR) is 124 cm³/mol. The molecule has 1 aliphatic rings. The van der Waals surface area contributed by atoms with Gasteiger partial charge in [0.25, 0.3) is 5.91 Å². The van der Waals surface area contributed by atoms with Crippen LogP contribution >= 0.6 is 11.3 Å². The summed E-state index contributed by atoms with van der Waals surface area (Å²) in [4.78, 5) is 36.6. The SMILES string of the molecule is CC(=O)N1CCC(c2nc(-c3ccc(C(F)(F)F)nc3)cs2)N(C(=O)COc2ccccc2)CC1. The molecule has 1 unspecified atom stereocenters. The number of carbonyl (C=O) groups is 2. The minimum atomic E-state index is -4.52. The van der Waals surface area contributed by atoms with Gasteiger partial charge in [-0.1, -0.05) is 18.2 Å². The molecule has 0 radical (unpaired) electrons. The number of halogens is 3. The number of rotatable bonds is 5. The number of hydrogen-bond acceptors (Lipinski definition) is 6. The monoisotopic (exact) mass is 504 g/mol. The Labute approximate surface area is 204 Å². The Hall–Kier alpha value is -3.47. The summed E-state index contributed by atoms with van der Waals surface area (Å²) in [5.74, 6) is 0.260. The van der Waals surface area contributed by atoms with Crippen LogP contribution in [0.5, 0.6) is 5.75 Å². The molecule has 0 aliphatic carbocycles. The van der Waals surface area contributed by atoms with E-state index in [-0.39, 0.29) is 18.4 Å². The maximum absolute atomic E-state index is 13.2. The third kappa shape index (κ3) is 5.97. The van der Waals surface area contributed by atoms with Crippen molar-refractivity contribution in [2.75, 3.05) is 26.2 Å². The van der Waals surface area contributed by atoms with Crippen molar-refractivity contribution in [3.8, 4) is 17.0 Å². The van der Waals surface area contributed by atoms with E-state index < -0.39 is 17.9 Å². The largest absolute Gasteiger partial charge is 0.484 e. The Morgan fingerprint density at radius 1 is 1.11 bits per heavy atom. The number of carbonyl (C=O) groups excluding carboxylic acids is 2. The molecule has 3 aromatic rings. The van der Waals surface area contributed by atoms with Gasteiger partial charge in [-0.3, -0.25) is 14.6 Å². The molecular weight excluding hydrogens is 481 g/mol. The highest BCUT2D eigenvalue weighted by atomic mass is 32.1. The quantitative estimate of drug-likeness (QED) is 0.514. The average molecular weight is 505 g/mol. The summed E-state index contributed by atoms with van der Waals surface area (Å²) >= 11 is 1.32. The second-order valence-corrected chi connectivity index (χ2v) is 8.89.